The van der Waals surface area contributed by atoms with E-state index in [0.29, 0.717) is 26.1 Å². The van der Waals surface area contributed by atoms with Crippen molar-refractivity contribution in [2.24, 2.45) is 0 Å². The molecular formula is C27H50O5Si2. The first kappa shape index (κ1) is 31.0. The number of rotatable bonds is 14. The van der Waals surface area contributed by atoms with Crippen molar-refractivity contribution >= 4 is 22.9 Å². The summed E-state index contributed by atoms with van der Waals surface area (Å²) in [5.41, 5.74) is 1.11. The summed E-state index contributed by atoms with van der Waals surface area (Å²) >= 11 is 0. The quantitative estimate of drug-likeness (QED) is 0.149. The van der Waals surface area contributed by atoms with Gasteiger partial charge in [-0.15, -0.1) is 0 Å². The molecule has 7 heteroatoms. The molecule has 0 amide bonds. The summed E-state index contributed by atoms with van der Waals surface area (Å²) in [6.45, 7) is 23.6. The number of aldehydes is 1. The molecule has 0 heterocycles. The summed E-state index contributed by atoms with van der Waals surface area (Å²) in [6, 6.07) is 7.94. The zero-order chi connectivity index (χ0) is 26.2. The van der Waals surface area contributed by atoms with Gasteiger partial charge in [-0.1, -0.05) is 53.7 Å². The molecule has 0 radical (unpaired) electrons. The van der Waals surface area contributed by atoms with E-state index in [4.69, 9.17) is 18.3 Å². The molecule has 0 aliphatic carbocycles. The minimum Gasteiger partial charge on any atom is -0.497 e. The zero-order valence-corrected chi connectivity index (χ0v) is 25.6. The monoisotopic (exact) mass is 510 g/mol. The van der Waals surface area contributed by atoms with Crippen LogP contribution in [-0.2, 0) is 25.0 Å². The molecule has 0 unspecified atom stereocenters. The van der Waals surface area contributed by atoms with Crippen LogP contribution in [0.15, 0.2) is 24.3 Å². The predicted octanol–water partition coefficient (Wildman–Crippen LogP) is 7.36. The Morgan fingerprint density at radius 3 is 1.79 bits per heavy atom. The molecule has 1 aromatic rings. The summed E-state index contributed by atoms with van der Waals surface area (Å²) in [4.78, 5) is 11.5. The molecule has 196 valence electrons. The van der Waals surface area contributed by atoms with Crippen LogP contribution >= 0.6 is 0 Å². The Balaban J connectivity index is 2.89. The average molecular weight is 511 g/mol. The fourth-order valence-electron chi connectivity index (χ4n) is 3.13. The van der Waals surface area contributed by atoms with Crippen LogP contribution in [0.3, 0.4) is 0 Å². The Kier molecular flexibility index (Phi) is 11.7. The lowest BCUT2D eigenvalue weighted by atomic mass is 10.1. The Labute approximate surface area is 211 Å². The third kappa shape index (κ3) is 9.93. The van der Waals surface area contributed by atoms with Gasteiger partial charge in [-0.05, 0) is 66.8 Å². The Hall–Kier alpha value is -0.996. The molecule has 5 nitrogen and oxygen atoms in total. The summed E-state index contributed by atoms with van der Waals surface area (Å²) in [6.07, 6.45) is 2.74. The second-order valence-corrected chi connectivity index (χ2v) is 21.8. The SMILES string of the molecule is COc1ccc(COCC[C@@H](C[C@H](CC=O)O[Si](C)(C)C(C)(C)C)O[Si](C)(C)C(C)(C)C)cc1. The third-order valence-corrected chi connectivity index (χ3v) is 16.5. The van der Waals surface area contributed by atoms with Crippen molar-refractivity contribution in [3.05, 3.63) is 29.8 Å². The van der Waals surface area contributed by atoms with Crippen LogP contribution in [0, 0.1) is 0 Å². The van der Waals surface area contributed by atoms with E-state index >= 15 is 0 Å². The summed E-state index contributed by atoms with van der Waals surface area (Å²) in [7, 11) is -2.32. The van der Waals surface area contributed by atoms with Gasteiger partial charge in [-0.2, -0.15) is 0 Å². The van der Waals surface area contributed by atoms with Gasteiger partial charge in [0, 0.05) is 19.1 Å². The fourth-order valence-corrected chi connectivity index (χ4v) is 5.91. The highest BCUT2D eigenvalue weighted by atomic mass is 28.4. The van der Waals surface area contributed by atoms with Gasteiger partial charge in [-0.25, -0.2) is 0 Å². The van der Waals surface area contributed by atoms with Gasteiger partial charge in [0.15, 0.2) is 16.6 Å². The first-order chi connectivity index (χ1) is 15.5. The third-order valence-electron chi connectivity index (χ3n) is 7.43. The standard InChI is InChI=1S/C27H50O5Si2/c1-26(2,3)33(8,9)31-24(16-18-28)20-25(32-34(10,11)27(4,5)6)17-19-30-21-22-12-14-23(29-7)15-13-22/h12-15,18,24-25H,16-17,19-21H2,1-11H3/t24-,25-/m0/s1. The second-order valence-electron chi connectivity index (χ2n) is 12.3. The highest BCUT2D eigenvalue weighted by Crippen LogP contribution is 2.40. The first-order valence-electron chi connectivity index (χ1n) is 12.5. The molecule has 0 N–H and O–H groups in total. The lowest BCUT2D eigenvalue weighted by Gasteiger charge is -2.42. The summed E-state index contributed by atoms with van der Waals surface area (Å²) in [5, 5.41) is 0.195. The van der Waals surface area contributed by atoms with Crippen LogP contribution in [0.1, 0.15) is 66.4 Å². The molecule has 0 bridgehead atoms. The van der Waals surface area contributed by atoms with Crippen molar-refractivity contribution in [1.29, 1.82) is 0 Å². The van der Waals surface area contributed by atoms with E-state index in [1.165, 1.54) is 0 Å². The molecule has 0 aromatic heterocycles. The van der Waals surface area contributed by atoms with Crippen molar-refractivity contribution in [3.8, 4) is 5.75 Å². The molecule has 0 saturated heterocycles. The van der Waals surface area contributed by atoms with E-state index in [0.717, 1.165) is 24.0 Å². The van der Waals surface area contributed by atoms with Crippen LogP contribution in [-0.4, -0.2) is 48.8 Å². The Morgan fingerprint density at radius 1 is 0.853 bits per heavy atom. The van der Waals surface area contributed by atoms with Crippen LogP contribution in [0.25, 0.3) is 0 Å². The Bertz CT molecular complexity index is 733. The molecule has 34 heavy (non-hydrogen) atoms. The van der Waals surface area contributed by atoms with E-state index in [2.05, 4.69) is 67.7 Å². The number of hydrogen-bond donors (Lipinski definition) is 0. The minimum absolute atomic E-state index is 0.00789. The molecule has 2 atom stereocenters. The van der Waals surface area contributed by atoms with Crippen molar-refractivity contribution in [3.63, 3.8) is 0 Å². The zero-order valence-electron chi connectivity index (χ0n) is 23.6. The van der Waals surface area contributed by atoms with Crippen LogP contribution in [0.4, 0.5) is 0 Å². The summed E-state index contributed by atoms with van der Waals surface area (Å²) < 4.78 is 24.7. The summed E-state index contributed by atoms with van der Waals surface area (Å²) in [5.74, 6) is 0.842. The van der Waals surface area contributed by atoms with Gasteiger partial charge < -0.3 is 23.1 Å². The number of methoxy groups -OCH3 is 1. The van der Waals surface area contributed by atoms with Crippen LogP contribution in [0.5, 0.6) is 5.75 Å². The number of benzene rings is 1. The maximum atomic E-state index is 11.5. The van der Waals surface area contributed by atoms with Gasteiger partial charge in [0.2, 0.25) is 0 Å². The topological polar surface area (TPSA) is 54.0 Å². The number of carbonyl (C=O) groups is 1. The normalized spacial score (nSPS) is 15.1. The maximum absolute atomic E-state index is 11.5. The smallest absolute Gasteiger partial charge is 0.192 e. The molecule has 0 spiro atoms. The second kappa shape index (κ2) is 12.8. The number of ether oxygens (including phenoxy) is 2. The number of carbonyl (C=O) groups excluding carboxylic acids is 1. The van der Waals surface area contributed by atoms with Gasteiger partial charge >= 0.3 is 0 Å². The van der Waals surface area contributed by atoms with Gasteiger partial charge in [0.05, 0.1) is 19.8 Å². The highest BCUT2D eigenvalue weighted by molar-refractivity contribution is 6.74. The average Bonchev–Trinajstić information content (AvgIpc) is 2.69. The van der Waals surface area contributed by atoms with Gasteiger partial charge in [-0.3, -0.25) is 0 Å². The maximum Gasteiger partial charge on any atom is 0.192 e. The van der Waals surface area contributed by atoms with E-state index in [-0.39, 0.29) is 22.3 Å². The lowest BCUT2D eigenvalue weighted by Crippen LogP contribution is -2.47. The van der Waals surface area contributed by atoms with Crippen molar-refractivity contribution in [1.82, 2.24) is 0 Å². The predicted molar refractivity (Wildman–Crippen MR) is 147 cm³/mol. The van der Waals surface area contributed by atoms with E-state index in [1.807, 2.05) is 24.3 Å². The van der Waals surface area contributed by atoms with Gasteiger partial charge in [0.25, 0.3) is 0 Å². The number of hydrogen-bond acceptors (Lipinski definition) is 5. The minimum atomic E-state index is -2.00. The van der Waals surface area contributed by atoms with Crippen molar-refractivity contribution in [2.45, 2.75) is 116 Å². The molecular weight excluding hydrogens is 460 g/mol. The first-order valence-corrected chi connectivity index (χ1v) is 18.3. The van der Waals surface area contributed by atoms with Gasteiger partial charge in [0.1, 0.15) is 12.0 Å². The molecule has 0 saturated carbocycles. The molecule has 1 rings (SSSR count). The molecule has 1 aromatic carbocycles. The van der Waals surface area contributed by atoms with Crippen molar-refractivity contribution in [2.75, 3.05) is 13.7 Å². The van der Waals surface area contributed by atoms with Crippen LogP contribution < -0.4 is 4.74 Å². The van der Waals surface area contributed by atoms with Crippen LogP contribution in [0.2, 0.25) is 36.3 Å². The Morgan fingerprint density at radius 2 is 1.35 bits per heavy atom. The largest absolute Gasteiger partial charge is 0.497 e. The van der Waals surface area contributed by atoms with E-state index in [1.54, 1.807) is 7.11 Å². The van der Waals surface area contributed by atoms with E-state index in [9.17, 15) is 4.79 Å². The van der Waals surface area contributed by atoms with Crippen molar-refractivity contribution < 1.29 is 23.1 Å². The highest BCUT2D eigenvalue weighted by Gasteiger charge is 2.42. The molecule has 0 fully saturated rings. The molecule has 0 aliphatic rings. The van der Waals surface area contributed by atoms with E-state index < -0.39 is 16.6 Å². The fraction of sp³-hybridized carbons (Fsp3) is 0.741. The molecule has 0 aliphatic heterocycles. The lowest BCUT2D eigenvalue weighted by molar-refractivity contribution is -0.109.